The van der Waals surface area contributed by atoms with Gasteiger partial charge in [-0.15, -0.1) is 0 Å². The van der Waals surface area contributed by atoms with Crippen LogP contribution in [0.25, 0.3) is 0 Å². The topological polar surface area (TPSA) is 3.24 Å². The van der Waals surface area contributed by atoms with E-state index in [0.717, 1.165) is 0 Å². The maximum Gasteiger partial charge on any atom is 0.422 e. The first-order valence-electron chi connectivity index (χ1n) is 2.19. The molecule has 0 saturated heterocycles. The van der Waals surface area contributed by atoms with Crippen LogP contribution in [-0.2, 0) is 0 Å². The Bertz CT molecular complexity index is 132. The van der Waals surface area contributed by atoms with Crippen molar-refractivity contribution in [3.8, 4) is 0 Å². The van der Waals surface area contributed by atoms with Crippen molar-refractivity contribution in [3.05, 3.63) is 0 Å². The number of hydrogen-bond acceptors (Lipinski definition) is 1. The average molecular weight is 185 g/mol. The van der Waals surface area contributed by atoms with Gasteiger partial charge in [-0.2, -0.15) is 17.6 Å². The minimum atomic E-state index is -5.76. The van der Waals surface area contributed by atoms with E-state index >= 15 is 0 Å². The molecular formula is C3H2F7N. The molecule has 11 heavy (non-hydrogen) atoms. The average Bonchev–Trinajstić information content (AvgIpc) is 1.87. The first kappa shape index (κ1) is 10.5. The predicted molar refractivity (Wildman–Crippen MR) is 19.9 cm³/mol. The second-order valence-electron chi connectivity index (χ2n) is 1.61. The van der Waals surface area contributed by atoms with E-state index in [0.29, 0.717) is 0 Å². The van der Waals surface area contributed by atoms with Gasteiger partial charge < -0.3 is 0 Å². The molecule has 0 aromatic heterocycles. The van der Waals surface area contributed by atoms with Crippen LogP contribution >= 0.6 is 0 Å². The van der Waals surface area contributed by atoms with Crippen LogP contribution in [0.4, 0.5) is 30.9 Å². The van der Waals surface area contributed by atoms with Gasteiger partial charge in [-0.25, -0.2) is 4.39 Å². The van der Waals surface area contributed by atoms with Crippen LogP contribution in [0.1, 0.15) is 0 Å². The molecule has 0 atom stereocenters. The monoisotopic (exact) mass is 185 g/mol. The highest BCUT2D eigenvalue weighted by Crippen LogP contribution is 2.37. The Balaban J connectivity index is 4.53. The lowest BCUT2D eigenvalue weighted by molar-refractivity contribution is -0.399. The Morgan fingerprint density at radius 3 is 1.45 bits per heavy atom. The van der Waals surface area contributed by atoms with E-state index in [1.807, 2.05) is 0 Å². The molecule has 0 aliphatic heterocycles. The number of alkyl halides is 5. The van der Waals surface area contributed by atoms with Gasteiger partial charge in [-0.05, 0) is 0 Å². The summed E-state index contributed by atoms with van der Waals surface area (Å²) in [7, 11) is 0. The summed E-state index contributed by atoms with van der Waals surface area (Å²) in [6.45, 7) is -2.84. The lowest BCUT2D eigenvalue weighted by atomic mass is 10.3. The zero-order valence-corrected chi connectivity index (χ0v) is 4.80. The summed E-state index contributed by atoms with van der Waals surface area (Å²) >= 11 is 0. The molecule has 0 unspecified atom stereocenters. The summed E-state index contributed by atoms with van der Waals surface area (Å²) in [5, 5.41) is -3.02. The van der Waals surface area contributed by atoms with Crippen molar-refractivity contribution in [1.82, 2.24) is 5.34 Å². The van der Waals surface area contributed by atoms with E-state index in [4.69, 9.17) is 0 Å². The number of halogens is 7. The number of nitrogens with zero attached hydrogens (tertiary/aromatic N) is 1. The highest BCUT2D eigenvalue weighted by atomic mass is 19.4. The molecule has 0 bridgehead atoms. The molecule has 0 rings (SSSR count). The summed E-state index contributed by atoms with van der Waals surface area (Å²) in [4.78, 5) is 0. The van der Waals surface area contributed by atoms with E-state index in [-0.39, 0.29) is 0 Å². The minimum Gasteiger partial charge on any atom is -0.244 e. The van der Waals surface area contributed by atoms with E-state index in [2.05, 4.69) is 0 Å². The highest BCUT2D eigenvalue weighted by Gasteiger charge is 2.63. The summed E-state index contributed by atoms with van der Waals surface area (Å²) in [6, 6.07) is -5.76. The summed E-state index contributed by atoms with van der Waals surface area (Å²) in [6.07, 6.45) is 0. The molecule has 0 aromatic rings. The summed E-state index contributed by atoms with van der Waals surface area (Å²) in [5.41, 5.74) is 0. The smallest absolute Gasteiger partial charge is 0.244 e. The van der Waals surface area contributed by atoms with Crippen LogP contribution in [0.5, 0.6) is 0 Å². The lowest BCUT2D eigenvalue weighted by Crippen LogP contribution is -2.49. The summed E-state index contributed by atoms with van der Waals surface area (Å²) in [5.74, 6) is -5.36. The standard InChI is InChI=1S/C3H2F7N/c4-1-2(5,6)3(7,8)11(9)10/h1H2. The van der Waals surface area contributed by atoms with Crippen LogP contribution < -0.4 is 0 Å². The van der Waals surface area contributed by atoms with Crippen molar-refractivity contribution in [2.24, 2.45) is 0 Å². The fraction of sp³-hybridized carbons (Fsp3) is 1.00. The lowest BCUT2D eigenvalue weighted by Gasteiger charge is -2.22. The maximum absolute atomic E-state index is 11.5. The summed E-state index contributed by atoms with van der Waals surface area (Å²) < 4.78 is 79.0. The first-order valence-corrected chi connectivity index (χ1v) is 2.19. The molecular weight excluding hydrogens is 183 g/mol. The van der Waals surface area contributed by atoms with Gasteiger partial charge in [0.1, 0.15) is 0 Å². The molecule has 0 radical (unpaired) electrons. The second-order valence-corrected chi connectivity index (χ2v) is 1.61. The second kappa shape index (κ2) is 2.84. The third-order valence-electron chi connectivity index (χ3n) is 0.820. The van der Waals surface area contributed by atoms with Crippen LogP contribution in [0.15, 0.2) is 0 Å². The Morgan fingerprint density at radius 1 is 1.00 bits per heavy atom. The molecule has 0 aliphatic carbocycles. The molecule has 68 valence electrons. The van der Waals surface area contributed by atoms with Crippen molar-refractivity contribution >= 4 is 0 Å². The molecule has 0 fully saturated rings. The number of hydrogen-bond donors (Lipinski definition) is 0. The van der Waals surface area contributed by atoms with Gasteiger partial charge in [-0.1, -0.05) is 8.96 Å². The molecule has 0 N–H and O–H groups in total. The quantitative estimate of drug-likeness (QED) is 0.370. The van der Waals surface area contributed by atoms with Crippen molar-refractivity contribution < 1.29 is 30.9 Å². The molecule has 0 aromatic carbocycles. The Kier molecular flexibility index (Phi) is 2.70. The van der Waals surface area contributed by atoms with E-state index in [1.165, 1.54) is 0 Å². The molecule has 1 nitrogen and oxygen atoms in total. The predicted octanol–water partition coefficient (Wildman–Crippen LogP) is 2.25. The van der Waals surface area contributed by atoms with Gasteiger partial charge in [-0.3, -0.25) is 0 Å². The van der Waals surface area contributed by atoms with Crippen molar-refractivity contribution in [3.63, 3.8) is 0 Å². The van der Waals surface area contributed by atoms with Gasteiger partial charge in [0.05, 0.1) is 5.34 Å². The largest absolute Gasteiger partial charge is 0.422 e. The molecule has 0 spiro atoms. The van der Waals surface area contributed by atoms with Crippen LogP contribution in [0, 0.1) is 0 Å². The van der Waals surface area contributed by atoms with E-state index < -0.39 is 24.0 Å². The molecule has 8 heteroatoms. The van der Waals surface area contributed by atoms with Crippen molar-refractivity contribution in [2.45, 2.75) is 12.0 Å². The van der Waals surface area contributed by atoms with E-state index in [9.17, 15) is 30.9 Å². The SMILES string of the molecule is FCC(F)(F)C(F)(F)N(F)F. The van der Waals surface area contributed by atoms with Crippen LogP contribution in [0.2, 0.25) is 0 Å². The van der Waals surface area contributed by atoms with E-state index in [1.54, 1.807) is 0 Å². The number of rotatable bonds is 3. The Morgan fingerprint density at radius 2 is 1.36 bits per heavy atom. The van der Waals surface area contributed by atoms with Gasteiger partial charge in [0, 0.05) is 0 Å². The molecule has 0 saturated carbocycles. The Labute approximate surface area is 56.3 Å². The van der Waals surface area contributed by atoms with Gasteiger partial charge in [0.2, 0.25) is 0 Å². The van der Waals surface area contributed by atoms with Gasteiger partial charge >= 0.3 is 12.0 Å². The fourth-order valence-corrected chi connectivity index (χ4v) is 0.204. The third-order valence-corrected chi connectivity index (χ3v) is 0.820. The normalized spacial score (nSPS) is 14.2. The third kappa shape index (κ3) is 1.73. The van der Waals surface area contributed by atoms with Crippen LogP contribution in [0.3, 0.4) is 0 Å². The maximum atomic E-state index is 11.5. The van der Waals surface area contributed by atoms with Crippen molar-refractivity contribution in [2.75, 3.05) is 6.67 Å². The highest BCUT2D eigenvalue weighted by molar-refractivity contribution is 4.78. The molecule has 0 aliphatic rings. The van der Waals surface area contributed by atoms with Crippen LogP contribution in [-0.4, -0.2) is 24.0 Å². The minimum absolute atomic E-state index is 2.84. The molecule has 0 heterocycles. The van der Waals surface area contributed by atoms with Crippen molar-refractivity contribution in [1.29, 1.82) is 0 Å². The first-order chi connectivity index (χ1) is 4.75. The zero-order chi connectivity index (χ0) is 9.28. The van der Waals surface area contributed by atoms with Gasteiger partial charge in [0.15, 0.2) is 6.67 Å². The molecule has 0 amide bonds. The Hall–Kier alpha value is -0.530. The van der Waals surface area contributed by atoms with Gasteiger partial charge in [0.25, 0.3) is 0 Å². The fourth-order valence-electron chi connectivity index (χ4n) is 0.204. The zero-order valence-electron chi connectivity index (χ0n) is 4.80.